The van der Waals surface area contributed by atoms with Crippen LogP contribution in [0.2, 0.25) is 0 Å². The summed E-state index contributed by atoms with van der Waals surface area (Å²) in [6.07, 6.45) is 4.32. The zero-order valence-corrected chi connectivity index (χ0v) is 13.9. The number of aliphatic hydroxyl groups excluding tert-OH is 1. The second-order valence-corrected chi connectivity index (χ2v) is 6.34. The van der Waals surface area contributed by atoms with Crippen molar-refractivity contribution in [3.8, 4) is 0 Å². The molecule has 0 aliphatic heterocycles. The van der Waals surface area contributed by atoms with E-state index in [1.807, 2.05) is 6.92 Å². The summed E-state index contributed by atoms with van der Waals surface area (Å²) < 4.78 is 0. The van der Waals surface area contributed by atoms with E-state index in [1.54, 1.807) is 6.21 Å². The van der Waals surface area contributed by atoms with Gasteiger partial charge in [0.25, 0.3) is 0 Å². The molecule has 5 atom stereocenters. The maximum absolute atomic E-state index is 10.7. The van der Waals surface area contributed by atoms with Gasteiger partial charge in [0.1, 0.15) is 0 Å². The minimum atomic E-state index is -0.601. The maximum Gasteiger partial charge on any atom is 0.0908 e. The summed E-state index contributed by atoms with van der Waals surface area (Å²) in [6.45, 7) is 6.29. The number of aliphatic imine (C=N–C) groups is 1. The number of nitrogens with two attached hydrogens (primary N) is 1. The molecular weight excluding hydrogens is 280 g/mol. The minimum absolute atomic E-state index is 0.0102. The zero-order valence-electron chi connectivity index (χ0n) is 13.9. The van der Waals surface area contributed by atoms with E-state index in [0.29, 0.717) is 18.8 Å². The van der Waals surface area contributed by atoms with Gasteiger partial charge in [-0.05, 0) is 31.4 Å². The molecule has 0 amide bonds. The summed E-state index contributed by atoms with van der Waals surface area (Å²) in [5.74, 6) is 0.403. The van der Waals surface area contributed by atoms with Crippen molar-refractivity contribution < 1.29 is 5.11 Å². The summed E-state index contributed by atoms with van der Waals surface area (Å²) in [6, 6.07) is 0.0102. The van der Waals surface area contributed by atoms with Gasteiger partial charge in [-0.1, -0.05) is 31.9 Å². The summed E-state index contributed by atoms with van der Waals surface area (Å²) in [5, 5.41) is 21.3. The van der Waals surface area contributed by atoms with Crippen LogP contribution >= 0.6 is 0 Å². The minimum Gasteiger partial charge on any atom is -0.392 e. The van der Waals surface area contributed by atoms with Crippen molar-refractivity contribution in [3.05, 3.63) is 4.91 Å². The average Bonchev–Trinajstić information content (AvgIpc) is 2.75. The summed E-state index contributed by atoms with van der Waals surface area (Å²) in [7, 11) is 0. The van der Waals surface area contributed by atoms with E-state index in [0.717, 1.165) is 12.8 Å². The number of nitrogens with zero attached hydrogens (tertiary/aromatic N) is 2. The molecule has 0 bridgehead atoms. The molecule has 0 aromatic rings. The van der Waals surface area contributed by atoms with Gasteiger partial charge in [0.15, 0.2) is 0 Å². The van der Waals surface area contributed by atoms with E-state index < -0.39 is 6.10 Å². The predicted molar refractivity (Wildman–Crippen MR) is 90.3 cm³/mol. The lowest BCUT2D eigenvalue weighted by Crippen LogP contribution is -2.38. The Morgan fingerprint density at radius 1 is 1.41 bits per heavy atom. The number of nitrogens with one attached hydrogen (secondary N) is 1. The van der Waals surface area contributed by atoms with Gasteiger partial charge >= 0.3 is 0 Å². The Kier molecular flexibility index (Phi) is 7.65. The second-order valence-electron chi connectivity index (χ2n) is 6.34. The van der Waals surface area contributed by atoms with E-state index in [9.17, 15) is 10.0 Å². The van der Waals surface area contributed by atoms with E-state index in [-0.39, 0.29) is 36.2 Å². The Morgan fingerprint density at radius 3 is 2.50 bits per heavy atom. The third-order valence-corrected chi connectivity index (χ3v) is 5.07. The van der Waals surface area contributed by atoms with Crippen molar-refractivity contribution in [2.24, 2.45) is 39.6 Å². The van der Waals surface area contributed by atoms with Crippen molar-refractivity contribution in [1.82, 2.24) is 0 Å². The largest absolute Gasteiger partial charge is 0.392 e. The first-order valence-corrected chi connectivity index (χ1v) is 8.27. The first kappa shape index (κ1) is 18.7. The summed E-state index contributed by atoms with van der Waals surface area (Å²) in [4.78, 5) is 15.3. The van der Waals surface area contributed by atoms with Crippen LogP contribution in [0.1, 0.15) is 46.5 Å². The highest BCUT2D eigenvalue weighted by Crippen LogP contribution is 2.44. The Bertz CT molecular complexity index is 396. The monoisotopic (exact) mass is 310 g/mol. The fraction of sp³-hybridized carbons (Fsp3) is 0.875. The molecule has 126 valence electrons. The average molecular weight is 310 g/mol. The number of aliphatic hydroxyl groups is 1. The van der Waals surface area contributed by atoms with Gasteiger partial charge in [0.2, 0.25) is 0 Å². The standard InChI is InChI=1S/C16H30N4O2/c1-4-10(5-2)15(19-6-3)14-11(8-13(17)18)7-12(9-20-22)16(14)21/h6,10-12,14-16,21H,4-5,7-9H2,1-3H3,(H3,17,18). The van der Waals surface area contributed by atoms with Gasteiger partial charge in [-0.3, -0.25) is 10.4 Å². The summed E-state index contributed by atoms with van der Waals surface area (Å²) >= 11 is 0. The molecule has 1 rings (SSSR count). The Labute approximate surface area is 133 Å². The van der Waals surface area contributed by atoms with Crippen LogP contribution in [0.25, 0.3) is 0 Å². The molecule has 6 nitrogen and oxygen atoms in total. The topological polar surface area (TPSA) is 112 Å². The molecule has 1 aliphatic carbocycles. The highest BCUT2D eigenvalue weighted by atomic mass is 16.3. The van der Waals surface area contributed by atoms with Crippen molar-refractivity contribution in [2.75, 3.05) is 6.54 Å². The van der Waals surface area contributed by atoms with Crippen LogP contribution in [-0.4, -0.2) is 35.8 Å². The third kappa shape index (κ3) is 4.35. The molecule has 1 aliphatic rings. The number of hydrogen-bond acceptors (Lipinski definition) is 5. The lowest BCUT2D eigenvalue weighted by molar-refractivity contribution is 0.0603. The molecule has 4 N–H and O–H groups in total. The molecule has 6 heteroatoms. The van der Waals surface area contributed by atoms with Gasteiger partial charge in [-0.2, -0.15) is 4.91 Å². The smallest absolute Gasteiger partial charge is 0.0908 e. The lowest BCUT2D eigenvalue weighted by atomic mass is 9.77. The van der Waals surface area contributed by atoms with Gasteiger partial charge in [-0.25, -0.2) is 0 Å². The van der Waals surface area contributed by atoms with Gasteiger partial charge < -0.3 is 10.8 Å². The van der Waals surface area contributed by atoms with Crippen molar-refractivity contribution in [2.45, 2.75) is 58.6 Å². The number of rotatable bonds is 9. The van der Waals surface area contributed by atoms with E-state index in [1.165, 1.54) is 0 Å². The van der Waals surface area contributed by atoms with Crippen molar-refractivity contribution in [3.63, 3.8) is 0 Å². The summed E-state index contributed by atoms with van der Waals surface area (Å²) in [5.41, 5.74) is 5.59. The normalized spacial score (nSPS) is 30.0. The molecule has 0 heterocycles. The Balaban J connectivity index is 3.09. The number of nitroso groups, excluding NO2 is 1. The molecule has 5 unspecified atom stereocenters. The quantitative estimate of drug-likeness (QED) is 0.345. The number of amidine groups is 1. The van der Waals surface area contributed by atoms with Crippen LogP contribution in [-0.2, 0) is 0 Å². The highest BCUT2D eigenvalue weighted by Gasteiger charge is 2.47. The predicted octanol–water partition coefficient (Wildman–Crippen LogP) is 2.59. The van der Waals surface area contributed by atoms with Gasteiger partial charge in [0.05, 0.1) is 24.5 Å². The van der Waals surface area contributed by atoms with Gasteiger partial charge in [0, 0.05) is 18.3 Å². The molecule has 0 aromatic heterocycles. The van der Waals surface area contributed by atoms with E-state index >= 15 is 0 Å². The van der Waals surface area contributed by atoms with Crippen LogP contribution < -0.4 is 5.73 Å². The second kappa shape index (κ2) is 8.98. The molecule has 0 spiro atoms. The molecule has 0 aromatic carbocycles. The lowest BCUT2D eigenvalue weighted by Gasteiger charge is -2.33. The fourth-order valence-corrected chi connectivity index (χ4v) is 4.02. The SMILES string of the molecule is CC=NC(C(CC)CC)C1C(CC(=N)N)CC(CN=O)C1O. The van der Waals surface area contributed by atoms with Crippen molar-refractivity contribution in [1.29, 1.82) is 5.41 Å². The van der Waals surface area contributed by atoms with Crippen LogP contribution in [0.3, 0.4) is 0 Å². The zero-order chi connectivity index (χ0) is 16.7. The third-order valence-electron chi connectivity index (χ3n) is 5.07. The fourth-order valence-electron chi connectivity index (χ4n) is 4.02. The maximum atomic E-state index is 10.7. The first-order chi connectivity index (χ1) is 10.5. The van der Waals surface area contributed by atoms with Crippen LogP contribution in [0.15, 0.2) is 10.2 Å². The molecule has 22 heavy (non-hydrogen) atoms. The number of hydrogen-bond donors (Lipinski definition) is 3. The molecule has 1 saturated carbocycles. The molecule has 0 saturated heterocycles. The first-order valence-electron chi connectivity index (χ1n) is 8.27. The Morgan fingerprint density at radius 2 is 2.05 bits per heavy atom. The Hall–Kier alpha value is -1.30. The highest BCUT2D eigenvalue weighted by molar-refractivity contribution is 5.77. The molecule has 0 radical (unpaired) electrons. The van der Waals surface area contributed by atoms with Crippen LogP contribution in [0, 0.1) is 34.0 Å². The van der Waals surface area contributed by atoms with Crippen LogP contribution in [0.5, 0.6) is 0 Å². The molecular formula is C16H30N4O2. The van der Waals surface area contributed by atoms with E-state index in [2.05, 4.69) is 24.0 Å². The van der Waals surface area contributed by atoms with Crippen molar-refractivity contribution >= 4 is 12.1 Å². The van der Waals surface area contributed by atoms with E-state index in [4.69, 9.17) is 11.1 Å². The molecule has 1 fully saturated rings. The van der Waals surface area contributed by atoms with Crippen LogP contribution in [0.4, 0.5) is 0 Å². The van der Waals surface area contributed by atoms with Gasteiger partial charge in [-0.15, -0.1) is 0 Å².